The maximum Gasteiger partial charge on any atom is 0.253 e. The van der Waals surface area contributed by atoms with Crippen LogP contribution in [0.4, 0.5) is 11.4 Å². The summed E-state index contributed by atoms with van der Waals surface area (Å²) in [6.07, 6.45) is 8.46. The molecule has 6 atom stereocenters. The number of ether oxygens (including phenoxy) is 1. The summed E-state index contributed by atoms with van der Waals surface area (Å²) in [5, 5.41) is 10.9. The number of anilines is 2. The van der Waals surface area contributed by atoms with Gasteiger partial charge in [-0.2, -0.15) is 0 Å². The fraction of sp³-hybridized carbons (Fsp3) is 0.359. The molecule has 8 heteroatoms. The summed E-state index contributed by atoms with van der Waals surface area (Å²) in [6, 6.07) is 23.3. The van der Waals surface area contributed by atoms with Crippen molar-refractivity contribution < 1.29 is 24.2 Å². The lowest BCUT2D eigenvalue weighted by atomic mass is 9.73. The molecule has 4 heterocycles. The Morgan fingerprint density at radius 1 is 0.830 bits per heavy atom. The molecule has 2 saturated heterocycles. The second-order valence-electron chi connectivity index (χ2n) is 13.2. The number of fused-ring (bicyclic) bond motifs is 2. The molecule has 0 bridgehead atoms. The summed E-state index contributed by atoms with van der Waals surface area (Å²) in [5.41, 5.74) is 1.85. The molecule has 1 N–H and O–H groups in total. The number of aryl methyl sites for hydroxylation is 2. The predicted molar refractivity (Wildman–Crippen MR) is 181 cm³/mol. The molecule has 0 aliphatic carbocycles. The fourth-order valence-corrected chi connectivity index (χ4v) is 8.30. The summed E-state index contributed by atoms with van der Waals surface area (Å²) in [4.78, 5) is 50.0. The van der Waals surface area contributed by atoms with E-state index in [4.69, 9.17) is 4.74 Å². The Morgan fingerprint density at radius 3 is 2.21 bits per heavy atom. The topological polar surface area (TPSA) is 90.4 Å². The zero-order valence-corrected chi connectivity index (χ0v) is 27.1. The summed E-state index contributed by atoms with van der Waals surface area (Å²) >= 11 is 0. The van der Waals surface area contributed by atoms with Gasteiger partial charge in [-0.05, 0) is 61.6 Å². The van der Waals surface area contributed by atoms with Crippen LogP contribution in [0, 0.1) is 25.7 Å². The van der Waals surface area contributed by atoms with Crippen molar-refractivity contribution in [3.63, 3.8) is 0 Å². The Kier molecular flexibility index (Phi) is 7.89. The van der Waals surface area contributed by atoms with Gasteiger partial charge in [-0.15, -0.1) is 0 Å². The van der Waals surface area contributed by atoms with Crippen molar-refractivity contribution in [2.75, 3.05) is 29.5 Å². The molecule has 1 spiro atoms. The zero-order chi connectivity index (χ0) is 32.9. The lowest BCUT2D eigenvalue weighted by Gasteiger charge is -2.41. The van der Waals surface area contributed by atoms with Crippen LogP contribution in [0.2, 0.25) is 0 Å². The Bertz CT molecular complexity index is 1760. The van der Waals surface area contributed by atoms with E-state index in [1.54, 1.807) is 14.7 Å². The highest BCUT2D eigenvalue weighted by atomic mass is 16.5. The minimum Gasteiger partial charge on any atom is -0.394 e. The van der Waals surface area contributed by atoms with Crippen molar-refractivity contribution in [3.05, 3.63) is 120 Å². The van der Waals surface area contributed by atoms with Gasteiger partial charge in [0.05, 0.1) is 30.1 Å². The summed E-state index contributed by atoms with van der Waals surface area (Å²) < 4.78 is 7.17. The minimum absolute atomic E-state index is 0.209. The van der Waals surface area contributed by atoms with Crippen LogP contribution in [-0.4, -0.2) is 70.7 Å². The van der Waals surface area contributed by atoms with Gasteiger partial charge in [0, 0.05) is 24.5 Å². The molecule has 3 aromatic carbocycles. The number of carbonyl (C=O) groups excluding carboxylic acids is 3. The van der Waals surface area contributed by atoms with E-state index in [-0.39, 0.29) is 30.9 Å². The van der Waals surface area contributed by atoms with Gasteiger partial charge in [0.2, 0.25) is 11.8 Å². The molecule has 1 unspecified atom stereocenters. The Labute approximate surface area is 275 Å². The molecule has 47 heavy (non-hydrogen) atoms. The maximum absolute atomic E-state index is 15.1. The van der Waals surface area contributed by atoms with Crippen molar-refractivity contribution in [1.82, 2.24) is 4.90 Å². The summed E-state index contributed by atoms with van der Waals surface area (Å²) in [6.45, 7) is 6.19. The highest BCUT2D eigenvalue weighted by Gasteiger charge is 2.76. The van der Waals surface area contributed by atoms with Crippen LogP contribution in [0.1, 0.15) is 30.0 Å². The maximum atomic E-state index is 15.1. The molecule has 2 fully saturated rings. The number of hydrogen-bond acceptors (Lipinski definition) is 5. The SMILES string of the molecule is CC[C@]12C=CCN(c3ccccc3)C(=O)[C@H]1[C@H]1C(=O)N([C@@H](CO)Cc3ccccc3)C3C(=O)N(c4cc(C)ccc4C)CC=C[C@@]31O2. The number of benzene rings is 3. The van der Waals surface area contributed by atoms with E-state index in [9.17, 15) is 9.90 Å². The number of nitrogens with zero attached hydrogens (tertiary/aromatic N) is 3. The van der Waals surface area contributed by atoms with Crippen LogP contribution >= 0.6 is 0 Å². The molecule has 4 aliphatic heterocycles. The van der Waals surface area contributed by atoms with E-state index in [2.05, 4.69) is 0 Å². The number of aliphatic hydroxyl groups excluding tert-OH is 1. The van der Waals surface area contributed by atoms with Crippen molar-refractivity contribution in [2.45, 2.75) is 56.9 Å². The Balaban J connectivity index is 1.40. The molecule has 4 aliphatic rings. The van der Waals surface area contributed by atoms with Crippen LogP contribution in [0.5, 0.6) is 0 Å². The standard InChI is InChI=1S/C39H41N3O5/c1-4-38-19-11-21-40(29-15-9-6-10-16-29)35(44)32(38)33-36(45)42(30(25-43)24-28-13-7-5-8-14-28)34-37(46)41(22-12-20-39(33,34)47-38)31-23-26(2)17-18-27(31)3/h5-20,23,30,32-34,43H,4,21-22,24-25H2,1-3H3/t30-,32-,33+,34?,38+,39+/m1/s1. The molecule has 242 valence electrons. The van der Waals surface area contributed by atoms with E-state index in [1.165, 1.54) is 0 Å². The lowest BCUT2D eigenvalue weighted by molar-refractivity contribution is -0.149. The van der Waals surface area contributed by atoms with Crippen LogP contribution in [-0.2, 0) is 25.5 Å². The highest BCUT2D eigenvalue weighted by molar-refractivity contribution is 6.08. The number of para-hydroxylation sites is 1. The molecular weight excluding hydrogens is 590 g/mol. The number of hydrogen-bond donors (Lipinski definition) is 1. The highest BCUT2D eigenvalue weighted by Crippen LogP contribution is 2.59. The number of rotatable bonds is 7. The van der Waals surface area contributed by atoms with E-state index in [1.807, 2.05) is 124 Å². The van der Waals surface area contributed by atoms with Crippen LogP contribution < -0.4 is 9.80 Å². The van der Waals surface area contributed by atoms with E-state index in [0.717, 1.165) is 28.1 Å². The predicted octanol–water partition coefficient (Wildman–Crippen LogP) is 4.77. The monoisotopic (exact) mass is 631 g/mol. The van der Waals surface area contributed by atoms with Gasteiger partial charge < -0.3 is 24.5 Å². The first-order valence-electron chi connectivity index (χ1n) is 16.5. The first-order valence-corrected chi connectivity index (χ1v) is 16.5. The third-order valence-electron chi connectivity index (χ3n) is 10.5. The molecule has 0 saturated carbocycles. The van der Waals surface area contributed by atoms with Gasteiger partial charge in [-0.25, -0.2) is 0 Å². The van der Waals surface area contributed by atoms with E-state index < -0.39 is 35.1 Å². The molecule has 7 rings (SSSR count). The summed E-state index contributed by atoms with van der Waals surface area (Å²) in [7, 11) is 0. The van der Waals surface area contributed by atoms with Gasteiger partial charge in [-0.1, -0.05) is 91.9 Å². The van der Waals surface area contributed by atoms with Gasteiger partial charge in [0.1, 0.15) is 11.6 Å². The summed E-state index contributed by atoms with van der Waals surface area (Å²) in [5.74, 6) is -2.70. The van der Waals surface area contributed by atoms with Gasteiger partial charge in [0.25, 0.3) is 5.91 Å². The Hall–Kier alpha value is -4.53. The number of aliphatic hydroxyl groups is 1. The van der Waals surface area contributed by atoms with Crippen molar-refractivity contribution in [2.24, 2.45) is 11.8 Å². The number of amides is 3. The Morgan fingerprint density at radius 2 is 1.51 bits per heavy atom. The normalized spacial score (nSPS) is 29.0. The first kappa shape index (κ1) is 31.1. The van der Waals surface area contributed by atoms with Gasteiger partial charge in [0.15, 0.2) is 0 Å². The quantitative estimate of drug-likeness (QED) is 0.380. The molecule has 3 amide bonds. The van der Waals surface area contributed by atoms with Crippen LogP contribution in [0.25, 0.3) is 0 Å². The van der Waals surface area contributed by atoms with Crippen molar-refractivity contribution in [3.8, 4) is 0 Å². The second kappa shape index (κ2) is 11.9. The van der Waals surface area contributed by atoms with Crippen molar-refractivity contribution >= 4 is 29.1 Å². The van der Waals surface area contributed by atoms with E-state index >= 15 is 9.59 Å². The molecule has 3 aromatic rings. The number of carbonyl (C=O) groups is 3. The second-order valence-corrected chi connectivity index (χ2v) is 13.2. The molecular formula is C39H41N3O5. The van der Waals surface area contributed by atoms with Crippen LogP contribution in [0.3, 0.4) is 0 Å². The molecule has 8 nitrogen and oxygen atoms in total. The van der Waals surface area contributed by atoms with Crippen molar-refractivity contribution in [1.29, 1.82) is 0 Å². The van der Waals surface area contributed by atoms with Crippen LogP contribution in [0.15, 0.2) is 103 Å². The third kappa shape index (κ3) is 4.85. The smallest absolute Gasteiger partial charge is 0.253 e. The van der Waals surface area contributed by atoms with Gasteiger partial charge >= 0.3 is 0 Å². The molecule has 0 aromatic heterocycles. The fourth-order valence-electron chi connectivity index (χ4n) is 8.30. The number of likely N-dealkylation sites (tertiary alicyclic amines) is 1. The molecule has 0 radical (unpaired) electrons. The lowest BCUT2D eigenvalue weighted by Crippen LogP contribution is -2.59. The first-order chi connectivity index (χ1) is 22.7. The third-order valence-corrected chi connectivity index (χ3v) is 10.5. The van der Waals surface area contributed by atoms with Gasteiger partial charge in [-0.3, -0.25) is 14.4 Å². The average molecular weight is 632 g/mol. The minimum atomic E-state index is -1.43. The largest absolute Gasteiger partial charge is 0.394 e. The van der Waals surface area contributed by atoms with E-state index in [0.29, 0.717) is 19.4 Å². The zero-order valence-electron chi connectivity index (χ0n) is 27.1. The average Bonchev–Trinajstić information content (AvgIpc) is 3.38.